The summed E-state index contributed by atoms with van der Waals surface area (Å²) in [7, 11) is 0. The van der Waals surface area contributed by atoms with Crippen molar-refractivity contribution in [3.63, 3.8) is 0 Å². The Hall–Kier alpha value is -3.74. The van der Waals surface area contributed by atoms with Gasteiger partial charge in [0.1, 0.15) is 12.2 Å². The molecule has 0 aliphatic carbocycles. The van der Waals surface area contributed by atoms with Crippen LogP contribution in [0.3, 0.4) is 0 Å². The van der Waals surface area contributed by atoms with Crippen molar-refractivity contribution in [2.45, 2.75) is 26.9 Å². The van der Waals surface area contributed by atoms with Crippen molar-refractivity contribution in [3.8, 4) is 0 Å². The fraction of sp³-hybridized carbons (Fsp3) is 0.182. The average Bonchev–Trinajstić information content (AvgIpc) is 2.70. The second-order valence-corrected chi connectivity index (χ2v) is 6.91. The van der Waals surface area contributed by atoms with Crippen LogP contribution in [-0.2, 0) is 22.6 Å². The zero-order valence-corrected chi connectivity index (χ0v) is 15.9. The molecule has 0 spiro atoms. The van der Waals surface area contributed by atoms with Crippen molar-refractivity contribution < 1.29 is 13.9 Å². The Morgan fingerprint density at radius 2 is 1.76 bits per heavy atom. The van der Waals surface area contributed by atoms with E-state index in [4.69, 9.17) is 9.15 Å². The number of rotatable bonds is 4. The van der Waals surface area contributed by atoms with Crippen molar-refractivity contribution >= 4 is 27.7 Å². The highest BCUT2D eigenvalue weighted by Crippen LogP contribution is 2.22. The molecule has 1 N–H and O–H groups in total. The summed E-state index contributed by atoms with van der Waals surface area (Å²) in [6.45, 7) is 3.83. The summed E-state index contributed by atoms with van der Waals surface area (Å²) in [5.74, 6) is -0.514. The molecule has 0 aliphatic heterocycles. The molecule has 2 heterocycles. The van der Waals surface area contributed by atoms with Crippen LogP contribution in [0.1, 0.15) is 22.4 Å². The van der Waals surface area contributed by atoms with E-state index in [1.807, 2.05) is 19.9 Å². The van der Waals surface area contributed by atoms with Gasteiger partial charge in [0.2, 0.25) is 0 Å². The molecule has 2 aromatic carbocycles. The third kappa shape index (κ3) is 3.67. The van der Waals surface area contributed by atoms with E-state index in [9.17, 15) is 14.4 Å². The molecular formula is C22H18N2O5. The monoisotopic (exact) mass is 390 g/mol. The van der Waals surface area contributed by atoms with Gasteiger partial charge in [0.05, 0.1) is 17.5 Å². The van der Waals surface area contributed by atoms with Gasteiger partial charge in [-0.3, -0.25) is 9.59 Å². The Balaban J connectivity index is 1.58. The Kier molecular flexibility index (Phi) is 4.72. The normalized spacial score (nSPS) is 11.1. The number of benzene rings is 2. The molecule has 0 radical (unpaired) electrons. The van der Waals surface area contributed by atoms with E-state index in [0.717, 1.165) is 16.5 Å². The number of nitrogens with zero attached hydrogens (tertiary/aromatic N) is 1. The number of carbonyl (C=O) groups is 1. The molecule has 146 valence electrons. The Morgan fingerprint density at radius 3 is 2.55 bits per heavy atom. The molecule has 0 saturated carbocycles. The third-order valence-corrected chi connectivity index (χ3v) is 4.92. The predicted molar refractivity (Wildman–Crippen MR) is 108 cm³/mol. The van der Waals surface area contributed by atoms with E-state index >= 15 is 0 Å². The summed E-state index contributed by atoms with van der Waals surface area (Å²) in [5.41, 5.74) is 2.70. The van der Waals surface area contributed by atoms with E-state index in [0.29, 0.717) is 27.6 Å². The van der Waals surface area contributed by atoms with Crippen LogP contribution in [0.2, 0.25) is 0 Å². The molecule has 0 atom stereocenters. The van der Waals surface area contributed by atoms with Gasteiger partial charge in [0.15, 0.2) is 0 Å². The first kappa shape index (κ1) is 18.6. The fourth-order valence-electron chi connectivity index (χ4n) is 3.25. The second kappa shape index (κ2) is 7.35. The van der Waals surface area contributed by atoms with Gasteiger partial charge in [0, 0.05) is 22.4 Å². The van der Waals surface area contributed by atoms with Crippen LogP contribution in [0, 0.1) is 13.8 Å². The molecule has 0 bridgehead atoms. The van der Waals surface area contributed by atoms with Gasteiger partial charge >= 0.3 is 11.6 Å². The Morgan fingerprint density at radius 1 is 1.03 bits per heavy atom. The number of fused-ring (bicyclic) bond motifs is 2. The van der Waals surface area contributed by atoms with Crippen molar-refractivity contribution in [1.29, 1.82) is 0 Å². The highest BCUT2D eigenvalue weighted by Gasteiger charge is 2.14. The first-order valence-electron chi connectivity index (χ1n) is 9.08. The van der Waals surface area contributed by atoms with Gasteiger partial charge in [0.25, 0.3) is 5.56 Å². The molecule has 4 aromatic rings. The summed E-state index contributed by atoms with van der Waals surface area (Å²) in [6.07, 6.45) is -0.102. The van der Waals surface area contributed by atoms with Crippen LogP contribution >= 0.6 is 0 Å². The lowest BCUT2D eigenvalue weighted by Crippen LogP contribution is -2.15. The van der Waals surface area contributed by atoms with E-state index < -0.39 is 11.6 Å². The molecule has 7 heteroatoms. The molecule has 4 rings (SSSR count). The van der Waals surface area contributed by atoms with E-state index in [-0.39, 0.29) is 18.6 Å². The number of aryl methyl sites for hydroxylation is 2. The molecular weight excluding hydrogens is 372 g/mol. The predicted octanol–water partition coefficient (Wildman–Crippen LogP) is 2.93. The summed E-state index contributed by atoms with van der Waals surface area (Å²) in [6, 6.07) is 12.0. The minimum absolute atomic E-state index is 0.0648. The second-order valence-electron chi connectivity index (χ2n) is 6.91. The average molecular weight is 390 g/mol. The van der Waals surface area contributed by atoms with Crippen LogP contribution < -0.4 is 11.2 Å². The van der Waals surface area contributed by atoms with Crippen molar-refractivity contribution in [1.82, 2.24) is 10.2 Å². The van der Waals surface area contributed by atoms with E-state index in [1.54, 1.807) is 30.3 Å². The first-order valence-corrected chi connectivity index (χ1v) is 9.08. The fourth-order valence-corrected chi connectivity index (χ4v) is 3.25. The molecule has 29 heavy (non-hydrogen) atoms. The highest BCUT2D eigenvalue weighted by molar-refractivity contribution is 5.87. The molecule has 0 unspecified atom stereocenters. The van der Waals surface area contributed by atoms with Gasteiger partial charge in [-0.25, -0.2) is 9.89 Å². The molecule has 0 aliphatic rings. The maximum atomic E-state index is 12.4. The van der Waals surface area contributed by atoms with Crippen LogP contribution in [0.25, 0.3) is 21.7 Å². The lowest BCUT2D eigenvalue weighted by Gasteiger charge is -2.09. The molecule has 2 aromatic heterocycles. The quantitative estimate of drug-likeness (QED) is 0.425. The van der Waals surface area contributed by atoms with Gasteiger partial charge in [-0.15, -0.1) is 0 Å². The van der Waals surface area contributed by atoms with Gasteiger partial charge in [-0.2, -0.15) is 5.10 Å². The SMILES string of the molecule is Cc1cc2oc(=O)cc(COC(=O)Cc3n[nH]c(=O)c4ccccc34)c2cc1C. The Labute approximate surface area is 164 Å². The lowest BCUT2D eigenvalue weighted by molar-refractivity contribution is -0.144. The summed E-state index contributed by atoms with van der Waals surface area (Å²) >= 11 is 0. The van der Waals surface area contributed by atoms with Crippen LogP contribution in [0.4, 0.5) is 0 Å². The third-order valence-electron chi connectivity index (χ3n) is 4.92. The van der Waals surface area contributed by atoms with Gasteiger partial charge in [-0.1, -0.05) is 18.2 Å². The number of aromatic nitrogens is 2. The van der Waals surface area contributed by atoms with E-state index in [2.05, 4.69) is 10.2 Å². The first-order chi connectivity index (χ1) is 13.9. The maximum absolute atomic E-state index is 12.4. The zero-order valence-electron chi connectivity index (χ0n) is 15.9. The van der Waals surface area contributed by atoms with Crippen molar-refractivity contribution in [3.05, 3.63) is 85.6 Å². The van der Waals surface area contributed by atoms with Crippen molar-refractivity contribution in [2.24, 2.45) is 0 Å². The largest absolute Gasteiger partial charge is 0.460 e. The van der Waals surface area contributed by atoms with Crippen LogP contribution in [-0.4, -0.2) is 16.2 Å². The number of hydrogen-bond donors (Lipinski definition) is 1. The topological polar surface area (TPSA) is 102 Å². The summed E-state index contributed by atoms with van der Waals surface area (Å²) in [4.78, 5) is 36.1. The zero-order chi connectivity index (χ0) is 20.5. The van der Waals surface area contributed by atoms with Crippen molar-refractivity contribution in [2.75, 3.05) is 0 Å². The molecule has 0 fully saturated rings. The maximum Gasteiger partial charge on any atom is 0.336 e. The number of ether oxygens (including phenoxy) is 1. The van der Waals surface area contributed by atoms with Crippen LogP contribution in [0.15, 0.2) is 56.5 Å². The highest BCUT2D eigenvalue weighted by atomic mass is 16.5. The number of esters is 1. The number of carbonyl (C=O) groups excluding carboxylic acids is 1. The number of aromatic amines is 1. The standard InChI is InChI=1S/C22H18N2O5/c1-12-7-17-14(9-21(26)29-19(17)8-13(12)2)11-28-20(25)10-18-15-5-3-4-6-16(15)22(27)24-23-18/h3-9H,10-11H2,1-2H3,(H,24,27). The minimum atomic E-state index is -0.514. The molecule has 0 amide bonds. The van der Waals surface area contributed by atoms with Crippen LogP contribution in [0.5, 0.6) is 0 Å². The lowest BCUT2D eigenvalue weighted by atomic mass is 10.0. The Bertz CT molecular complexity index is 1370. The number of hydrogen-bond acceptors (Lipinski definition) is 6. The van der Waals surface area contributed by atoms with Gasteiger partial charge < -0.3 is 9.15 Å². The molecule has 7 nitrogen and oxygen atoms in total. The summed E-state index contributed by atoms with van der Waals surface area (Å²) in [5, 5.41) is 8.17. The van der Waals surface area contributed by atoms with E-state index in [1.165, 1.54) is 6.07 Å². The molecule has 0 saturated heterocycles. The number of H-pyrrole nitrogens is 1. The van der Waals surface area contributed by atoms with Gasteiger partial charge in [-0.05, 0) is 43.2 Å². The summed E-state index contributed by atoms with van der Waals surface area (Å²) < 4.78 is 10.7. The number of nitrogens with one attached hydrogen (secondary N) is 1. The minimum Gasteiger partial charge on any atom is -0.460 e. The smallest absolute Gasteiger partial charge is 0.336 e.